The summed E-state index contributed by atoms with van der Waals surface area (Å²) in [5.74, 6) is -1.83. The summed E-state index contributed by atoms with van der Waals surface area (Å²) in [6, 6.07) is 3.25. The van der Waals surface area contributed by atoms with Gasteiger partial charge in [0, 0.05) is 17.2 Å². The molecule has 0 fully saturated rings. The predicted octanol–water partition coefficient (Wildman–Crippen LogP) is 3.32. The first kappa shape index (κ1) is 13.4. The summed E-state index contributed by atoms with van der Waals surface area (Å²) in [4.78, 5) is 11.5. The number of halogens is 2. The van der Waals surface area contributed by atoms with E-state index in [4.69, 9.17) is 4.74 Å². The second-order valence-electron chi connectivity index (χ2n) is 3.59. The molecule has 17 heavy (non-hydrogen) atoms. The lowest BCUT2D eigenvalue weighted by Crippen LogP contribution is -2.07. The van der Waals surface area contributed by atoms with Gasteiger partial charge in [-0.05, 0) is 38.5 Å². The van der Waals surface area contributed by atoms with Gasteiger partial charge in [0.05, 0.1) is 6.61 Å². The van der Waals surface area contributed by atoms with Crippen LogP contribution in [0.5, 0.6) is 0 Å². The van der Waals surface area contributed by atoms with Gasteiger partial charge in [0.25, 0.3) is 0 Å². The Morgan fingerprint density at radius 3 is 2.47 bits per heavy atom. The minimum Gasteiger partial charge on any atom is -0.463 e. The molecule has 92 valence electrons. The maximum absolute atomic E-state index is 13.5. The highest BCUT2D eigenvalue weighted by Crippen LogP contribution is 2.22. The zero-order valence-corrected chi connectivity index (χ0v) is 10.0. The molecular formula is C13H14F2O2. The van der Waals surface area contributed by atoms with Crippen molar-refractivity contribution in [3.05, 3.63) is 41.0 Å². The molecule has 0 bridgehead atoms. The summed E-state index contributed by atoms with van der Waals surface area (Å²) in [6.45, 7) is 5.10. The lowest BCUT2D eigenvalue weighted by Gasteiger charge is -2.08. The van der Waals surface area contributed by atoms with Crippen molar-refractivity contribution in [2.24, 2.45) is 0 Å². The van der Waals surface area contributed by atoms with E-state index in [1.807, 2.05) is 0 Å². The average molecular weight is 240 g/mol. The number of carbonyl (C=O) groups excluding carboxylic acids is 1. The molecule has 0 aromatic heterocycles. The quantitative estimate of drug-likeness (QED) is 0.598. The number of ether oxygens (including phenoxy) is 1. The highest BCUT2D eigenvalue weighted by molar-refractivity contribution is 5.96. The number of rotatable bonds is 3. The molecule has 0 atom stereocenters. The Morgan fingerprint density at radius 1 is 1.29 bits per heavy atom. The van der Waals surface area contributed by atoms with Crippen LogP contribution in [0.4, 0.5) is 8.78 Å². The Balaban J connectivity index is 3.14. The highest BCUT2D eigenvalue weighted by atomic mass is 19.1. The number of hydrogen-bond donors (Lipinski definition) is 0. The second-order valence-corrected chi connectivity index (χ2v) is 3.59. The predicted molar refractivity (Wildman–Crippen MR) is 61.3 cm³/mol. The molecule has 0 aliphatic rings. The third kappa shape index (κ3) is 3.12. The Labute approximate surface area is 98.9 Å². The SMILES string of the molecule is CCOC(=O)/C(C)=C(/C)c1ccc(F)cc1F. The lowest BCUT2D eigenvalue weighted by molar-refractivity contribution is -0.138. The van der Waals surface area contributed by atoms with Gasteiger partial charge in [-0.25, -0.2) is 13.6 Å². The first-order valence-electron chi connectivity index (χ1n) is 5.27. The van der Waals surface area contributed by atoms with Crippen LogP contribution in [0.15, 0.2) is 23.8 Å². The normalized spacial score (nSPS) is 12.1. The smallest absolute Gasteiger partial charge is 0.333 e. The molecule has 2 nitrogen and oxygen atoms in total. The average Bonchev–Trinajstić information content (AvgIpc) is 2.27. The van der Waals surface area contributed by atoms with Gasteiger partial charge in [-0.1, -0.05) is 0 Å². The van der Waals surface area contributed by atoms with Gasteiger partial charge in [0.15, 0.2) is 0 Å². The number of allylic oxidation sites excluding steroid dienone is 1. The summed E-state index contributed by atoms with van der Waals surface area (Å²) >= 11 is 0. The third-order valence-electron chi connectivity index (χ3n) is 2.48. The maximum Gasteiger partial charge on any atom is 0.333 e. The van der Waals surface area contributed by atoms with Gasteiger partial charge in [0.1, 0.15) is 11.6 Å². The fraction of sp³-hybridized carbons (Fsp3) is 0.308. The van der Waals surface area contributed by atoms with E-state index >= 15 is 0 Å². The largest absolute Gasteiger partial charge is 0.463 e. The van der Waals surface area contributed by atoms with Crippen LogP contribution in [0.1, 0.15) is 26.3 Å². The molecule has 0 saturated heterocycles. The minimum absolute atomic E-state index is 0.206. The second kappa shape index (κ2) is 5.57. The van der Waals surface area contributed by atoms with Gasteiger partial charge in [-0.3, -0.25) is 0 Å². The van der Waals surface area contributed by atoms with Gasteiger partial charge < -0.3 is 4.74 Å². The molecule has 0 N–H and O–H groups in total. The molecule has 0 unspecified atom stereocenters. The van der Waals surface area contributed by atoms with E-state index in [9.17, 15) is 13.6 Å². The molecule has 1 aromatic carbocycles. The Hall–Kier alpha value is -1.71. The summed E-state index contributed by atoms with van der Waals surface area (Å²) < 4.78 is 31.0. The van der Waals surface area contributed by atoms with E-state index < -0.39 is 17.6 Å². The van der Waals surface area contributed by atoms with Crippen molar-refractivity contribution in [1.82, 2.24) is 0 Å². The van der Waals surface area contributed by atoms with Crippen molar-refractivity contribution >= 4 is 11.5 Å². The summed E-state index contributed by atoms with van der Waals surface area (Å²) in [6.07, 6.45) is 0. The molecule has 1 rings (SSSR count). The Bertz CT molecular complexity index is 464. The molecular weight excluding hydrogens is 226 g/mol. The van der Waals surface area contributed by atoms with Crippen LogP contribution in [0.2, 0.25) is 0 Å². The number of esters is 1. The van der Waals surface area contributed by atoms with Crippen molar-refractivity contribution in [1.29, 1.82) is 0 Å². The van der Waals surface area contributed by atoms with E-state index in [2.05, 4.69) is 0 Å². The van der Waals surface area contributed by atoms with E-state index in [1.165, 1.54) is 6.07 Å². The first-order chi connectivity index (χ1) is 7.97. The third-order valence-corrected chi connectivity index (χ3v) is 2.48. The topological polar surface area (TPSA) is 26.3 Å². The molecule has 0 radical (unpaired) electrons. The van der Waals surface area contributed by atoms with Crippen LogP contribution in [-0.4, -0.2) is 12.6 Å². The minimum atomic E-state index is -0.689. The van der Waals surface area contributed by atoms with Gasteiger partial charge in [0.2, 0.25) is 0 Å². The van der Waals surface area contributed by atoms with Gasteiger partial charge in [-0.2, -0.15) is 0 Å². The van der Waals surface area contributed by atoms with E-state index in [0.29, 0.717) is 11.1 Å². The Kier molecular flexibility index (Phi) is 4.37. The maximum atomic E-state index is 13.5. The zero-order chi connectivity index (χ0) is 13.0. The van der Waals surface area contributed by atoms with Crippen molar-refractivity contribution < 1.29 is 18.3 Å². The standard InChI is InChI=1S/C13H14F2O2/c1-4-17-13(16)9(3)8(2)11-6-5-10(14)7-12(11)15/h5-7H,4H2,1-3H3/b9-8-. The van der Waals surface area contributed by atoms with Crippen LogP contribution >= 0.6 is 0 Å². The van der Waals surface area contributed by atoms with Crippen molar-refractivity contribution in [3.63, 3.8) is 0 Å². The summed E-state index contributed by atoms with van der Waals surface area (Å²) in [7, 11) is 0. The summed E-state index contributed by atoms with van der Waals surface area (Å²) in [5.41, 5.74) is 0.968. The molecule has 0 heterocycles. The van der Waals surface area contributed by atoms with E-state index in [-0.39, 0.29) is 12.2 Å². The van der Waals surface area contributed by atoms with E-state index in [0.717, 1.165) is 12.1 Å². The molecule has 0 aliphatic heterocycles. The molecule has 1 aromatic rings. The zero-order valence-electron chi connectivity index (χ0n) is 10.0. The van der Waals surface area contributed by atoms with Gasteiger partial charge in [-0.15, -0.1) is 0 Å². The van der Waals surface area contributed by atoms with Crippen LogP contribution in [0.25, 0.3) is 5.57 Å². The van der Waals surface area contributed by atoms with Crippen LogP contribution < -0.4 is 0 Å². The fourth-order valence-corrected chi connectivity index (χ4v) is 1.39. The molecule has 0 spiro atoms. The first-order valence-corrected chi connectivity index (χ1v) is 5.27. The summed E-state index contributed by atoms with van der Waals surface area (Å²) in [5, 5.41) is 0. The molecule has 0 aliphatic carbocycles. The Morgan fingerprint density at radius 2 is 1.94 bits per heavy atom. The van der Waals surface area contributed by atoms with E-state index in [1.54, 1.807) is 20.8 Å². The highest BCUT2D eigenvalue weighted by Gasteiger charge is 2.13. The number of carbonyl (C=O) groups is 1. The molecule has 0 saturated carbocycles. The van der Waals surface area contributed by atoms with Crippen molar-refractivity contribution in [2.75, 3.05) is 6.61 Å². The monoisotopic (exact) mass is 240 g/mol. The van der Waals surface area contributed by atoms with Crippen LogP contribution in [0.3, 0.4) is 0 Å². The van der Waals surface area contributed by atoms with Gasteiger partial charge >= 0.3 is 5.97 Å². The molecule has 4 heteroatoms. The van der Waals surface area contributed by atoms with Crippen LogP contribution in [0, 0.1) is 11.6 Å². The van der Waals surface area contributed by atoms with Crippen molar-refractivity contribution in [2.45, 2.75) is 20.8 Å². The number of benzene rings is 1. The number of hydrogen-bond acceptors (Lipinski definition) is 2. The fourth-order valence-electron chi connectivity index (χ4n) is 1.39. The lowest BCUT2D eigenvalue weighted by atomic mass is 10.0. The molecule has 0 amide bonds. The van der Waals surface area contributed by atoms with Crippen LogP contribution in [-0.2, 0) is 9.53 Å². The van der Waals surface area contributed by atoms with Crippen molar-refractivity contribution in [3.8, 4) is 0 Å².